The molecule has 6 nitrogen and oxygen atoms in total. The highest BCUT2D eigenvalue weighted by Gasteiger charge is 2.24. The van der Waals surface area contributed by atoms with Gasteiger partial charge in [0.25, 0.3) is 11.6 Å². The highest BCUT2D eigenvalue weighted by atomic mass is 127. The molecule has 0 unspecified atom stereocenters. The first kappa shape index (κ1) is 14.4. The molecule has 1 amide bonds. The van der Waals surface area contributed by atoms with E-state index in [9.17, 15) is 19.1 Å². The van der Waals surface area contributed by atoms with Gasteiger partial charge in [0, 0.05) is 51.1 Å². The van der Waals surface area contributed by atoms with Crippen molar-refractivity contribution in [3.8, 4) is 0 Å². The first-order valence-corrected chi connectivity index (χ1v) is 8.14. The van der Waals surface area contributed by atoms with E-state index in [1.165, 1.54) is 12.1 Å². The fraction of sp³-hybridized carbons (Fsp3) is 0.364. The third kappa shape index (κ3) is 3.30. The van der Waals surface area contributed by atoms with Crippen molar-refractivity contribution in [2.45, 2.75) is 0 Å². The maximum absolute atomic E-state index is 12.3. The van der Waals surface area contributed by atoms with Crippen molar-refractivity contribution < 1.29 is 13.9 Å². The molecule has 0 atom stereocenters. The monoisotopic (exact) mass is 394 g/mol. The summed E-state index contributed by atoms with van der Waals surface area (Å²) in [6, 6.07) is 4.24. The lowest BCUT2D eigenvalue weighted by Crippen LogP contribution is -2.42. The topological polar surface area (TPSA) is 80.5 Å². The van der Waals surface area contributed by atoms with Gasteiger partial charge in [-0.15, -0.1) is 0 Å². The van der Waals surface area contributed by atoms with Crippen LogP contribution in [0, 0.1) is 13.7 Å². The van der Waals surface area contributed by atoms with Crippen molar-refractivity contribution in [1.82, 2.24) is 4.90 Å². The van der Waals surface area contributed by atoms with Gasteiger partial charge in [-0.25, -0.2) is 0 Å². The summed E-state index contributed by atoms with van der Waals surface area (Å²) in [5, 5.41) is 10.7. The second-order valence-electron chi connectivity index (χ2n) is 4.06. The van der Waals surface area contributed by atoms with Crippen LogP contribution in [0.4, 0.5) is 5.69 Å². The number of benzene rings is 1. The van der Waals surface area contributed by atoms with Gasteiger partial charge in [0.1, 0.15) is 0 Å². The van der Waals surface area contributed by atoms with Gasteiger partial charge >= 0.3 is 0 Å². The number of nitro groups is 1. The molecule has 2 rings (SSSR count). The average Bonchev–Trinajstić information content (AvgIpc) is 2.39. The quantitative estimate of drug-likeness (QED) is 0.432. The van der Waals surface area contributed by atoms with E-state index >= 15 is 0 Å². The summed E-state index contributed by atoms with van der Waals surface area (Å²) in [4.78, 5) is 24.1. The summed E-state index contributed by atoms with van der Waals surface area (Å²) in [5.41, 5.74) is 0.242. The summed E-state index contributed by atoms with van der Waals surface area (Å²) < 4.78 is 11.9. The van der Waals surface area contributed by atoms with Crippen LogP contribution in [0.25, 0.3) is 0 Å². The molecule has 0 aromatic heterocycles. The fourth-order valence-corrected chi connectivity index (χ4v) is 3.42. The predicted octanol–water partition coefficient (Wildman–Crippen LogP) is 1.40. The summed E-state index contributed by atoms with van der Waals surface area (Å²) in [7, 11) is -0.855. The molecule has 0 spiro atoms. The molecule has 1 aliphatic heterocycles. The Balaban J connectivity index is 2.25. The highest BCUT2D eigenvalue weighted by Crippen LogP contribution is 2.21. The molecular formula is C11H11IN2O4S. The molecule has 0 bridgehead atoms. The number of carbonyl (C=O) groups excluding carboxylic acids is 1. The lowest BCUT2D eigenvalue weighted by atomic mass is 10.1. The van der Waals surface area contributed by atoms with Crippen molar-refractivity contribution >= 4 is 45.0 Å². The average molecular weight is 394 g/mol. The Kier molecular flexibility index (Phi) is 4.50. The van der Waals surface area contributed by atoms with Gasteiger partial charge in [0.15, 0.2) is 0 Å². The van der Waals surface area contributed by atoms with E-state index in [1.807, 2.05) is 22.6 Å². The number of halogens is 1. The predicted molar refractivity (Wildman–Crippen MR) is 79.6 cm³/mol. The van der Waals surface area contributed by atoms with Crippen LogP contribution in [-0.4, -0.2) is 44.5 Å². The second-order valence-corrected chi connectivity index (χ2v) is 6.92. The number of hydrogen-bond acceptors (Lipinski definition) is 4. The standard InChI is InChI=1S/C11H11IN2O4S/c12-10-2-1-8(14(16)17)7-9(10)11(15)13-3-5-19(18)6-4-13/h1-2,7H,3-6H2. The van der Waals surface area contributed by atoms with Gasteiger partial charge < -0.3 is 4.90 Å². The molecule has 1 heterocycles. The Morgan fingerprint density at radius 2 is 2.00 bits per heavy atom. The van der Waals surface area contributed by atoms with Crippen LogP contribution in [0.3, 0.4) is 0 Å². The normalized spacial score (nSPS) is 16.4. The summed E-state index contributed by atoms with van der Waals surface area (Å²) in [6.07, 6.45) is 0. The lowest BCUT2D eigenvalue weighted by Gasteiger charge is -2.26. The maximum Gasteiger partial charge on any atom is 0.270 e. The van der Waals surface area contributed by atoms with Crippen LogP contribution >= 0.6 is 22.6 Å². The van der Waals surface area contributed by atoms with Crippen molar-refractivity contribution in [2.75, 3.05) is 24.6 Å². The minimum absolute atomic E-state index is 0.0932. The van der Waals surface area contributed by atoms with Gasteiger partial charge in [0.05, 0.1) is 10.5 Å². The molecule has 102 valence electrons. The van der Waals surface area contributed by atoms with E-state index < -0.39 is 15.7 Å². The highest BCUT2D eigenvalue weighted by molar-refractivity contribution is 14.1. The minimum Gasteiger partial charge on any atom is -0.337 e. The number of hydrogen-bond donors (Lipinski definition) is 0. The van der Waals surface area contributed by atoms with Crippen molar-refractivity contribution in [1.29, 1.82) is 0 Å². The smallest absolute Gasteiger partial charge is 0.270 e. The number of nitro benzene ring substituents is 1. The van der Waals surface area contributed by atoms with Crippen LogP contribution in [-0.2, 0) is 10.8 Å². The summed E-state index contributed by atoms with van der Waals surface area (Å²) in [6.45, 7) is 0.869. The van der Waals surface area contributed by atoms with Crippen LogP contribution in [0.15, 0.2) is 18.2 Å². The zero-order chi connectivity index (χ0) is 14.0. The molecule has 1 aliphatic rings. The minimum atomic E-state index is -0.855. The second kappa shape index (κ2) is 5.95. The van der Waals surface area contributed by atoms with Crippen molar-refractivity contribution in [2.24, 2.45) is 0 Å². The Morgan fingerprint density at radius 3 is 2.58 bits per heavy atom. The Bertz CT molecular complexity index is 554. The molecule has 1 saturated heterocycles. The SMILES string of the molecule is O=C(c1cc([N+](=O)[O-])ccc1I)N1CCS(=O)CC1. The van der Waals surface area contributed by atoms with Gasteiger partial charge in [-0.1, -0.05) is 0 Å². The first-order valence-electron chi connectivity index (χ1n) is 5.57. The van der Waals surface area contributed by atoms with E-state index in [0.717, 1.165) is 0 Å². The van der Waals surface area contributed by atoms with E-state index in [4.69, 9.17) is 0 Å². The van der Waals surface area contributed by atoms with Gasteiger partial charge in [-0.3, -0.25) is 19.1 Å². The third-order valence-electron chi connectivity index (χ3n) is 2.86. The van der Waals surface area contributed by atoms with E-state index in [-0.39, 0.29) is 11.6 Å². The van der Waals surface area contributed by atoms with Gasteiger partial charge in [0.2, 0.25) is 0 Å². The third-order valence-corrected chi connectivity index (χ3v) is 5.07. The number of nitrogens with zero attached hydrogens (tertiary/aromatic N) is 2. The Labute approximate surface area is 125 Å². The molecule has 0 aliphatic carbocycles. The molecule has 1 aromatic rings. The lowest BCUT2D eigenvalue weighted by molar-refractivity contribution is -0.384. The molecular weight excluding hydrogens is 383 g/mol. The van der Waals surface area contributed by atoms with Crippen molar-refractivity contribution in [3.63, 3.8) is 0 Å². The van der Waals surface area contributed by atoms with E-state index in [0.29, 0.717) is 33.7 Å². The zero-order valence-electron chi connectivity index (χ0n) is 9.87. The first-order chi connectivity index (χ1) is 8.99. The van der Waals surface area contributed by atoms with E-state index in [2.05, 4.69) is 0 Å². The van der Waals surface area contributed by atoms with Crippen LogP contribution in [0.5, 0.6) is 0 Å². The molecule has 1 aromatic carbocycles. The largest absolute Gasteiger partial charge is 0.337 e. The maximum atomic E-state index is 12.3. The van der Waals surface area contributed by atoms with Gasteiger partial charge in [-0.05, 0) is 28.7 Å². The summed E-state index contributed by atoms with van der Waals surface area (Å²) in [5.74, 6) is 0.707. The van der Waals surface area contributed by atoms with Crippen LogP contribution < -0.4 is 0 Å². The summed E-state index contributed by atoms with van der Waals surface area (Å²) >= 11 is 1.99. The molecule has 0 radical (unpaired) electrons. The molecule has 0 N–H and O–H groups in total. The van der Waals surface area contributed by atoms with Crippen molar-refractivity contribution in [3.05, 3.63) is 37.4 Å². The number of carbonyl (C=O) groups is 1. The van der Waals surface area contributed by atoms with E-state index in [1.54, 1.807) is 11.0 Å². The fourth-order valence-electron chi connectivity index (χ4n) is 1.80. The molecule has 19 heavy (non-hydrogen) atoms. The molecule has 1 fully saturated rings. The van der Waals surface area contributed by atoms with Crippen LogP contribution in [0.2, 0.25) is 0 Å². The molecule has 0 saturated carbocycles. The van der Waals surface area contributed by atoms with Crippen LogP contribution in [0.1, 0.15) is 10.4 Å². The zero-order valence-corrected chi connectivity index (χ0v) is 12.8. The number of rotatable bonds is 2. The Hall–Kier alpha value is -1.03. The van der Waals surface area contributed by atoms with Gasteiger partial charge in [-0.2, -0.15) is 0 Å². The molecule has 8 heteroatoms. The Morgan fingerprint density at radius 1 is 1.37 bits per heavy atom. The number of amides is 1. The number of non-ortho nitro benzene ring substituents is 1.